The predicted molar refractivity (Wildman–Crippen MR) is 65.2 cm³/mol. The molecule has 4 N–H and O–H groups in total. The van der Waals surface area contributed by atoms with Crippen molar-refractivity contribution >= 4 is 5.97 Å². The van der Waals surface area contributed by atoms with Crippen molar-refractivity contribution < 1.29 is 19.1 Å². The van der Waals surface area contributed by atoms with Gasteiger partial charge < -0.3 is 9.47 Å². The first-order chi connectivity index (χ1) is 8.94. The summed E-state index contributed by atoms with van der Waals surface area (Å²) in [5.41, 5.74) is 11.8. The number of carbonyl (C=O) groups is 1. The van der Waals surface area contributed by atoms with Crippen LogP contribution in [0.4, 0.5) is 0 Å². The van der Waals surface area contributed by atoms with E-state index in [-0.39, 0.29) is 30.7 Å². The first-order valence-corrected chi connectivity index (χ1v) is 6.62. The van der Waals surface area contributed by atoms with Gasteiger partial charge in [-0.25, -0.2) is 0 Å². The molecule has 0 aromatic rings. The highest BCUT2D eigenvalue weighted by Gasteiger charge is 2.62. The van der Waals surface area contributed by atoms with Crippen LogP contribution in [0.2, 0.25) is 0 Å². The Balaban J connectivity index is 1.62. The van der Waals surface area contributed by atoms with Crippen LogP contribution in [0.5, 0.6) is 0 Å². The van der Waals surface area contributed by atoms with Gasteiger partial charge in [0.2, 0.25) is 0 Å². The fourth-order valence-electron chi connectivity index (χ4n) is 3.62. The monoisotopic (exact) mass is 271 g/mol. The zero-order valence-corrected chi connectivity index (χ0v) is 11.2. The Morgan fingerprint density at radius 2 is 2.21 bits per heavy atom. The van der Waals surface area contributed by atoms with Crippen LogP contribution in [0.25, 0.3) is 0 Å². The zero-order chi connectivity index (χ0) is 13.8. The van der Waals surface area contributed by atoms with Gasteiger partial charge in [0.15, 0.2) is 5.79 Å². The first-order valence-electron chi connectivity index (χ1n) is 6.62. The SMILES string of the molecule is CON(C)C(N)(N)COC1C2CC3C(=O)OC1C3C2. The molecule has 0 radical (unpaired) electrons. The summed E-state index contributed by atoms with van der Waals surface area (Å²) in [6, 6.07) is 0. The van der Waals surface area contributed by atoms with Crippen molar-refractivity contribution in [1.82, 2.24) is 5.06 Å². The van der Waals surface area contributed by atoms with E-state index in [0.29, 0.717) is 11.8 Å². The second kappa shape index (κ2) is 4.39. The molecule has 5 unspecified atom stereocenters. The number of esters is 1. The van der Waals surface area contributed by atoms with Gasteiger partial charge in [-0.1, -0.05) is 0 Å². The quantitative estimate of drug-likeness (QED) is 0.376. The third-order valence-corrected chi connectivity index (χ3v) is 4.78. The Hall–Kier alpha value is -0.730. The number of rotatable bonds is 5. The number of ether oxygens (including phenoxy) is 2. The van der Waals surface area contributed by atoms with Crippen molar-refractivity contribution in [1.29, 1.82) is 0 Å². The molecule has 3 fully saturated rings. The van der Waals surface area contributed by atoms with Crippen LogP contribution < -0.4 is 11.5 Å². The minimum atomic E-state index is -1.20. The van der Waals surface area contributed by atoms with Crippen molar-refractivity contribution in [2.45, 2.75) is 30.8 Å². The molecule has 1 heterocycles. The Morgan fingerprint density at radius 1 is 1.47 bits per heavy atom. The molecule has 0 aromatic heterocycles. The van der Waals surface area contributed by atoms with Crippen molar-refractivity contribution in [2.75, 3.05) is 20.8 Å². The van der Waals surface area contributed by atoms with Crippen LogP contribution in [0.1, 0.15) is 12.8 Å². The summed E-state index contributed by atoms with van der Waals surface area (Å²) < 4.78 is 11.3. The summed E-state index contributed by atoms with van der Waals surface area (Å²) >= 11 is 0. The number of hydroxylamine groups is 2. The lowest BCUT2D eigenvalue weighted by atomic mass is 9.88. The standard InChI is InChI=1S/C12H21N3O4/c1-15(17-2)12(13,14)5-18-9-6-3-7-8(4-6)11(16)19-10(7)9/h6-10H,3-5,13-14H2,1-2H3. The molecule has 3 aliphatic rings. The van der Waals surface area contributed by atoms with Gasteiger partial charge in [-0.2, -0.15) is 5.06 Å². The molecule has 0 amide bonds. The molecule has 108 valence electrons. The van der Waals surface area contributed by atoms with Gasteiger partial charge in [-0.3, -0.25) is 21.1 Å². The molecule has 2 aliphatic carbocycles. The minimum absolute atomic E-state index is 0.0654. The van der Waals surface area contributed by atoms with Crippen LogP contribution in [-0.4, -0.2) is 49.8 Å². The maximum Gasteiger partial charge on any atom is 0.309 e. The molecule has 2 saturated carbocycles. The number of carbonyl (C=O) groups excluding carboxylic acids is 1. The summed E-state index contributed by atoms with van der Waals surface area (Å²) in [7, 11) is 3.14. The average molecular weight is 271 g/mol. The number of hydrogen-bond acceptors (Lipinski definition) is 7. The number of fused-ring (bicyclic) bond motifs is 1. The van der Waals surface area contributed by atoms with Gasteiger partial charge >= 0.3 is 5.97 Å². The summed E-state index contributed by atoms with van der Waals surface area (Å²) in [5, 5.41) is 1.35. The molecule has 0 aromatic carbocycles. The third-order valence-electron chi connectivity index (χ3n) is 4.78. The molecule has 1 saturated heterocycles. The van der Waals surface area contributed by atoms with E-state index in [9.17, 15) is 4.79 Å². The summed E-state index contributed by atoms with van der Waals surface area (Å²) in [4.78, 5) is 16.6. The van der Waals surface area contributed by atoms with Crippen LogP contribution in [0, 0.1) is 17.8 Å². The van der Waals surface area contributed by atoms with Crippen molar-refractivity contribution in [3.8, 4) is 0 Å². The predicted octanol–water partition coefficient (Wildman–Crippen LogP) is -0.983. The first kappa shape index (κ1) is 13.3. The molecule has 2 bridgehead atoms. The average Bonchev–Trinajstić information content (AvgIpc) is 2.97. The van der Waals surface area contributed by atoms with E-state index in [0.717, 1.165) is 12.8 Å². The summed E-state index contributed by atoms with van der Waals surface area (Å²) in [5.74, 6) is -0.456. The number of nitrogens with zero attached hydrogens (tertiary/aromatic N) is 1. The van der Waals surface area contributed by atoms with Crippen molar-refractivity contribution in [3.05, 3.63) is 0 Å². The fourth-order valence-corrected chi connectivity index (χ4v) is 3.62. The van der Waals surface area contributed by atoms with Crippen molar-refractivity contribution in [3.63, 3.8) is 0 Å². The highest BCUT2D eigenvalue weighted by atomic mass is 16.7. The molecule has 7 nitrogen and oxygen atoms in total. The number of nitrogens with two attached hydrogens (primary N) is 2. The van der Waals surface area contributed by atoms with Gasteiger partial charge in [0.1, 0.15) is 6.10 Å². The lowest BCUT2D eigenvalue weighted by Gasteiger charge is -2.35. The Bertz CT molecular complexity index is 389. The second-order valence-corrected chi connectivity index (χ2v) is 5.85. The van der Waals surface area contributed by atoms with Crippen LogP contribution >= 0.6 is 0 Å². The van der Waals surface area contributed by atoms with Crippen LogP contribution in [0.15, 0.2) is 0 Å². The smallest absolute Gasteiger partial charge is 0.309 e. The lowest BCUT2D eigenvalue weighted by molar-refractivity contribution is -0.208. The van der Waals surface area contributed by atoms with Gasteiger partial charge in [0.05, 0.1) is 25.7 Å². The van der Waals surface area contributed by atoms with E-state index in [1.165, 1.54) is 12.2 Å². The van der Waals surface area contributed by atoms with E-state index in [1.807, 2.05) is 0 Å². The molecule has 7 heteroatoms. The molecule has 5 atom stereocenters. The second-order valence-electron chi connectivity index (χ2n) is 5.85. The molecule has 0 spiro atoms. The minimum Gasteiger partial charge on any atom is -0.459 e. The normalized spacial score (nSPS) is 40.3. The lowest BCUT2D eigenvalue weighted by Crippen LogP contribution is -2.65. The van der Waals surface area contributed by atoms with E-state index >= 15 is 0 Å². The van der Waals surface area contributed by atoms with Gasteiger partial charge in [0, 0.05) is 13.0 Å². The number of hydrogen-bond donors (Lipinski definition) is 2. The van der Waals surface area contributed by atoms with E-state index in [4.69, 9.17) is 25.8 Å². The fraction of sp³-hybridized carbons (Fsp3) is 0.917. The summed E-state index contributed by atoms with van der Waals surface area (Å²) in [6.07, 6.45) is 1.69. The highest BCUT2D eigenvalue weighted by Crippen LogP contribution is 2.55. The van der Waals surface area contributed by atoms with Gasteiger partial charge in [-0.05, 0) is 18.8 Å². The van der Waals surface area contributed by atoms with Crippen LogP contribution in [-0.2, 0) is 19.1 Å². The van der Waals surface area contributed by atoms with E-state index in [2.05, 4.69) is 0 Å². The van der Waals surface area contributed by atoms with E-state index < -0.39 is 5.79 Å². The molecule has 3 rings (SSSR count). The Labute approximate surface area is 112 Å². The molecule has 1 aliphatic heterocycles. The molecular formula is C12H21N3O4. The van der Waals surface area contributed by atoms with Crippen molar-refractivity contribution in [2.24, 2.45) is 29.2 Å². The summed E-state index contributed by atoms with van der Waals surface area (Å²) in [6.45, 7) is 0.129. The van der Waals surface area contributed by atoms with Crippen LogP contribution in [0.3, 0.4) is 0 Å². The third kappa shape index (κ3) is 1.96. The maximum absolute atomic E-state index is 11.6. The Kier molecular flexibility index (Phi) is 3.06. The number of likely N-dealkylation sites (N-methyl/N-ethyl adjacent to an activating group) is 1. The van der Waals surface area contributed by atoms with Gasteiger partial charge in [-0.15, -0.1) is 0 Å². The topological polar surface area (TPSA) is 100 Å². The zero-order valence-electron chi connectivity index (χ0n) is 11.2. The highest BCUT2D eigenvalue weighted by molar-refractivity contribution is 5.76. The van der Waals surface area contributed by atoms with Gasteiger partial charge in [0.25, 0.3) is 0 Å². The van der Waals surface area contributed by atoms with E-state index in [1.54, 1.807) is 7.05 Å². The maximum atomic E-state index is 11.6. The molecule has 19 heavy (non-hydrogen) atoms. The largest absolute Gasteiger partial charge is 0.459 e. The Morgan fingerprint density at radius 3 is 2.89 bits per heavy atom. The molecular weight excluding hydrogens is 250 g/mol.